The Balaban J connectivity index is 1.59. The Morgan fingerprint density at radius 1 is 1.30 bits per heavy atom. The van der Waals surface area contributed by atoms with E-state index in [9.17, 15) is 4.79 Å². The summed E-state index contributed by atoms with van der Waals surface area (Å²) in [4.78, 5) is 13.0. The summed E-state index contributed by atoms with van der Waals surface area (Å²) in [5.74, 6) is 0.959. The van der Waals surface area contributed by atoms with Gasteiger partial charge in [0.15, 0.2) is 0 Å². The van der Waals surface area contributed by atoms with Crippen LogP contribution in [0.1, 0.15) is 31.7 Å². The molecular formula is C16H17Cl2N3OS. The number of hydrogen-bond acceptors (Lipinski definition) is 3. The van der Waals surface area contributed by atoms with Crippen LogP contribution in [0.5, 0.6) is 0 Å². The van der Waals surface area contributed by atoms with E-state index in [1.165, 1.54) is 24.6 Å². The van der Waals surface area contributed by atoms with Crippen molar-refractivity contribution >= 4 is 46.7 Å². The van der Waals surface area contributed by atoms with Crippen LogP contribution in [0, 0.1) is 0 Å². The molecule has 0 unspecified atom stereocenters. The molecule has 1 N–H and O–H groups in total. The fourth-order valence-electron chi connectivity index (χ4n) is 2.76. The van der Waals surface area contributed by atoms with E-state index in [4.69, 9.17) is 23.2 Å². The van der Waals surface area contributed by atoms with E-state index in [2.05, 4.69) is 10.4 Å². The Labute approximate surface area is 149 Å². The Hall–Kier alpha value is -1.17. The normalized spacial score (nSPS) is 15.0. The van der Waals surface area contributed by atoms with Crippen molar-refractivity contribution in [3.63, 3.8) is 0 Å². The number of hydrogen-bond donors (Lipinski definition) is 1. The van der Waals surface area contributed by atoms with Gasteiger partial charge in [-0.25, -0.2) is 4.68 Å². The zero-order valence-corrected chi connectivity index (χ0v) is 14.8. The predicted octanol–water partition coefficient (Wildman–Crippen LogP) is 5.04. The van der Waals surface area contributed by atoms with E-state index in [-0.39, 0.29) is 11.7 Å². The van der Waals surface area contributed by atoms with Crippen LogP contribution in [0.2, 0.25) is 10.0 Å². The number of rotatable bonds is 5. The fraction of sp³-hybridized carbons (Fsp3) is 0.375. The van der Waals surface area contributed by atoms with Gasteiger partial charge >= 0.3 is 0 Å². The average molecular weight is 370 g/mol. The van der Waals surface area contributed by atoms with Crippen LogP contribution in [0.4, 0.5) is 5.82 Å². The Morgan fingerprint density at radius 2 is 2.09 bits per heavy atom. The number of amides is 1. The first-order valence-corrected chi connectivity index (χ1v) is 9.29. The fourth-order valence-corrected chi connectivity index (χ4v) is 4.06. The van der Waals surface area contributed by atoms with Crippen LogP contribution in [0.3, 0.4) is 0 Å². The summed E-state index contributed by atoms with van der Waals surface area (Å²) >= 11 is 13.4. The molecule has 0 spiro atoms. The minimum atomic E-state index is -0.0780. The third-order valence-corrected chi connectivity index (χ3v) is 5.59. The van der Waals surface area contributed by atoms with Crippen LogP contribution in [0.15, 0.2) is 35.4 Å². The molecule has 1 aliphatic rings. The van der Waals surface area contributed by atoms with Gasteiger partial charge in [-0.2, -0.15) is 5.10 Å². The van der Waals surface area contributed by atoms with Gasteiger partial charge in [-0.15, -0.1) is 11.8 Å². The van der Waals surface area contributed by atoms with Crippen molar-refractivity contribution in [2.45, 2.75) is 36.6 Å². The molecule has 7 heteroatoms. The molecule has 1 fully saturated rings. The molecule has 0 saturated heterocycles. The van der Waals surface area contributed by atoms with E-state index >= 15 is 0 Å². The minimum absolute atomic E-state index is 0.0780. The standard InChI is InChI=1S/C16H17Cl2N3OS/c17-11-5-6-13(18)14(9-11)23-10-16(22)20-15-7-8-19-21(15)12-3-1-2-4-12/h5-9,12H,1-4,10H2,(H,20,22). The van der Waals surface area contributed by atoms with Crippen molar-refractivity contribution in [2.75, 3.05) is 11.1 Å². The zero-order chi connectivity index (χ0) is 16.2. The molecule has 3 rings (SSSR count). The largest absolute Gasteiger partial charge is 0.310 e. The summed E-state index contributed by atoms with van der Waals surface area (Å²) < 4.78 is 1.93. The maximum atomic E-state index is 12.2. The number of halogens is 2. The molecule has 1 amide bonds. The lowest BCUT2D eigenvalue weighted by Crippen LogP contribution is -2.19. The molecule has 4 nitrogen and oxygen atoms in total. The van der Waals surface area contributed by atoms with Crippen molar-refractivity contribution in [1.82, 2.24) is 9.78 Å². The second-order valence-corrected chi connectivity index (χ2v) is 7.37. The first-order valence-electron chi connectivity index (χ1n) is 7.54. The molecule has 122 valence electrons. The number of thioether (sulfide) groups is 1. The number of benzene rings is 1. The monoisotopic (exact) mass is 369 g/mol. The lowest BCUT2D eigenvalue weighted by Gasteiger charge is -2.14. The smallest absolute Gasteiger partial charge is 0.235 e. The van der Waals surface area contributed by atoms with Gasteiger partial charge in [-0.3, -0.25) is 4.79 Å². The molecule has 1 saturated carbocycles. The van der Waals surface area contributed by atoms with Gasteiger partial charge in [0.25, 0.3) is 0 Å². The van der Waals surface area contributed by atoms with Gasteiger partial charge in [-0.1, -0.05) is 36.0 Å². The number of anilines is 1. The van der Waals surface area contributed by atoms with Gasteiger partial charge < -0.3 is 5.32 Å². The number of nitrogens with one attached hydrogen (secondary N) is 1. The molecule has 0 bridgehead atoms. The lowest BCUT2D eigenvalue weighted by atomic mass is 10.2. The SMILES string of the molecule is O=C(CSc1cc(Cl)ccc1Cl)Nc1ccnn1C1CCCC1. The van der Waals surface area contributed by atoms with E-state index in [0.717, 1.165) is 23.6 Å². The molecule has 1 heterocycles. The number of nitrogens with zero attached hydrogens (tertiary/aromatic N) is 2. The predicted molar refractivity (Wildman–Crippen MR) is 95.5 cm³/mol. The molecule has 23 heavy (non-hydrogen) atoms. The van der Waals surface area contributed by atoms with Crippen LogP contribution < -0.4 is 5.32 Å². The summed E-state index contributed by atoms with van der Waals surface area (Å²) in [5.41, 5.74) is 0. The van der Waals surface area contributed by atoms with Crippen molar-refractivity contribution < 1.29 is 4.79 Å². The molecule has 0 atom stereocenters. The molecule has 1 aromatic carbocycles. The summed E-state index contributed by atoms with van der Waals surface area (Å²) in [6.45, 7) is 0. The Bertz CT molecular complexity index is 698. The quantitative estimate of drug-likeness (QED) is 0.751. The zero-order valence-electron chi connectivity index (χ0n) is 12.5. The second kappa shape index (κ2) is 7.60. The third kappa shape index (κ3) is 4.22. The highest BCUT2D eigenvalue weighted by atomic mass is 35.5. The molecule has 2 aromatic rings. The van der Waals surface area contributed by atoms with Gasteiger partial charge in [0.2, 0.25) is 5.91 Å². The highest BCUT2D eigenvalue weighted by molar-refractivity contribution is 8.00. The molecule has 0 radical (unpaired) electrons. The van der Waals surface area contributed by atoms with Crippen molar-refractivity contribution in [3.05, 3.63) is 40.5 Å². The van der Waals surface area contributed by atoms with Crippen LogP contribution >= 0.6 is 35.0 Å². The lowest BCUT2D eigenvalue weighted by molar-refractivity contribution is -0.113. The molecule has 1 aromatic heterocycles. The second-order valence-electron chi connectivity index (χ2n) is 5.51. The average Bonchev–Trinajstić information content (AvgIpc) is 3.19. The maximum absolute atomic E-state index is 12.2. The first kappa shape index (κ1) is 16.7. The summed E-state index contributed by atoms with van der Waals surface area (Å²) in [5, 5.41) is 8.50. The summed E-state index contributed by atoms with van der Waals surface area (Å²) in [6.07, 6.45) is 6.42. The first-order chi connectivity index (χ1) is 11.1. The van der Waals surface area contributed by atoms with Gasteiger partial charge in [0.1, 0.15) is 5.82 Å². The van der Waals surface area contributed by atoms with Gasteiger partial charge in [0, 0.05) is 16.0 Å². The third-order valence-electron chi connectivity index (χ3n) is 3.86. The highest BCUT2D eigenvalue weighted by Crippen LogP contribution is 2.32. The molecule has 1 aliphatic carbocycles. The van der Waals surface area contributed by atoms with E-state index in [0.29, 0.717) is 16.1 Å². The van der Waals surface area contributed by atoms with Crippen molar-refractivity contribution in [3.8, 4) is 0 Å². The number of carbonyl (C=O) groups is 1. The molecular weight excluding hydrogens is 353 g/mol. The number of carbonyl (C=O) groups excluding carboxylic acids is 1. The van der Waals surface area contributed by atoms with E-state index in [1.54, 1.807) is 24.4 Å². The van der Waals surface area contributed by atoms with Crippen LogP contribution in [0.25, 0.3) is 0 Å². The van der Waals surface area contributed by atoms with Gasteiger partial charge in [-0.05, 0) is 31.0 Å². The van der Waals surface area contributed by atoms with Crippen molar-refractivity contribution in [2.24, 2.45) is 0 Å². The van der Waals surface area contributed by atoms with Crippen molar-refractivity contribution in [1.29, 1.82) is 0 Å². The van der Waals surface area contributed by atoms with Crippen LogP contribution in [-0.4, -0.2) is 21.4 Å². The maximum Gasteiger partial charge on any atom is 0.235 e. The Kier molecular flexibility index (Phi) is 5.51. The van der Waals surface area contributed by atoms with E-state index in [1.807, 2.05) is 10.7 Å². The molecule has 0 aliphatic heterocycles. The highest BCUT2D eigenvalue weighted by Gasteiger charge is 2.20. The minimum Gasteiger partial charge on any atom is -0.310 e. The van der Waals surface area contributed by atoms with Crippen LogP contribution in [-0.2, 0) is 4.79 Å². The van der Waals surface area contributed by atoms with E-state index < -0.39 is 0 Å². The summed E-state index contributed by atoms with van der Waals surface area (Å²) in [6, 6.07) is 7.47. The van der Waals surface area contributed by atoms with Gasteiger partial charge in [0.05, 0.1) is 23.0 Å². The topological polar surface area (TPSA) is 46.9 Å². The number of aromatic nitrogens is 2. The summed E-state index contributed by atoms with van der Waals surface area (Å²) in [7, 11) is 0. The Morgan fingerprint density at radius 3 is 2.87 bits per heavy atom.